The van der Waals surface area contributed by atoms with Crippen LogP contribution in [-0.2, 0) is 0 Å². The van der Waals surface area contributed by atoms with E-state index in [1.807, 2.05) is 0 Å². The van der Waals surface area contributed by atoms with Crippen molar-refractivity contribution in [1.82, 2.24) is 0 Å². The van der Waals surface area contributed by atoms with E-state index < -0.39 is 0 Å². The van der Waals surface area contributed by atoms with Gasteiger partial charge in [0, 0.05) is 17.7 Å². The average Bonchev–Trinajstić information content (AvgIpc) is 2.31. The van der Waals surface area contributed by atoms with Crippen molar-refractivity contribution < 1.29 is 9.13 Å². The highest BCUT2D eigenvalue weighted by atomic mass is 79.9. The Morgan fingerprint density at radius 2 is 2.12 bits per heavy atom. The summed E-state index contributed by atoms with van der Waals surface area (Å²) in [5, 5.41) is 0. The van der Waals surface area contributed by atoms with E-state index in [-0.39, 0.29) is 11.9 Å². The van der Waals surface area contributed by atoms with Gasteiger partial charge in [0.25, 0.3) is 0 Å². The minimum Gasteiger partial charge on any atom is -0.496 e. The van der Waals surface area contributed by atoms with Crippen LogP contribution in [0, 0.1) is 11.7 Å². The highest BCUT2D eigenvalue weighted by molar-refractivity contribution is 9.10. The number of ether oxygens (including phenoxy) is 1. The van der Waals surface area contributed by atoms with Gasteiger partial charge in [-0.15, -0.1) is 0 Å². The van der Waals surface area contributed by atoms with E-state index in [9.17, 15) is 4.39 Å². The van der Waals surface area contributed by atoms with E-state index in [0.717, 1.165) is 18.4 Å². The molecule has 0 fully saturated rings. The zero-order valence-electron chi connectivity index (χ0n) is 10.5. The lowest BCUT2D eigenvalue weighted by Crippen LogP contribution is -2.20. The minimum atomic E-state index is -0.332. The lowest BCUT2D eigenvalue weighted by atomic mass is 9.91. The Morgan fingerprint density at radius 3 is 2.65 bits per heavy atom. The molecule has 0 amide bonds. The van der Waals surface area contributed by atoms with Gasteiger partial charge in [-0.3, -0.25) is 0 Å². The molecule has 2 N–H and O–H groups in total. The first-order chi connectivity index (χ1) is 8.01. The number of hydrogen-bond donors (Lipinski definition) is 1. The Balaban J connectivity index is 3.07. The number of halogens is 2. The van der Waals surface area contributed by atoms with Crippen LogP contribution >= 0.6 is 15.9 Å². The number of benzene rings is 1. The molecule has 0 aliphatic heterocycles. The maximum atomic E-state index is 13.4. The summed E-state index contributed by atoms with van der Waals surface area (Å²) in [5.41, 5.74) is 7.05. The van der Waals surface area contributed by atoms with E-state index in [1.54, 1.807) is 6.07 Å². The van der Waals surface area contributed by atoms with Gasteiger partial charge in [0.15, 0.2) is 0 Å². The Morgan fingerprint density at radius 1 is 1.47 bits per heavy atom. The van der Waals surface area contributed by atoms with E-state index >= 15 is 0 Å². The van der Waals surface area contributed by atoms with Crippen molar-refractivity contribution in [3.05, 3.63) is 28.0 Å². The quantitative estimate of drug-likeness (QED) is 0.891. The first kappa shape index (κ1) is 14.5. The zero-order chi connectivity index (χ0) is 13.0. The molecule has 0 radical (unpaired) electrons. The van der Waals surface area contributed by atoms with Crippen molar-refractivity contribution in [2.75, 3.05) is 7.11 Å². The standard InChI is InChI=1S/C13H19BrFNO/c1-4-5-8(2)13(16)9-6-10(14)11(15)7-12(9)17-3/h6-8,13H,4-5,16H2,1-3H3. The highest BCUT2D eigenvalue weighted by Crippen LogP contribution is 2.34. The van der Waals surface area contributed by atoms with E-state index in [2.05, 4.69) is 29.8 Å². The molecule has 0 heterocycles. The number of rotatable bonds is 5. The van der Waals surface area contributed by atoms with Crippen LogP contribution < -0.4 is 10.5 Å². The van der Waals surface area contributed by atoms with Gasteiger partial charge < -0.3 is 10.5 Å². The maximum absolute atomic E-state index is 13.4. The summed E-state index contributed by atoms with van der Waals surface area (Å²) in [6, 6.07) is 2.95. The Hall–Kier alpha value is -0.610. The minimum absolute atomic E-state index is 0.137. The molecule has 2 nitrogen and oxygen atoms in total. The molecule has 0 spiro atoms. The molecule has 0 aliphatic carbocycles. The third kappa shape index (κ3) is 3.42. The van der Waals surface area contributed by atoms with Crippen LogP contribution in [0.4, 0.5) is 4.39 Å². The molecule has 4 heteroatoms. The summed E-state index contributed by atoms with van der Waals surface area (Å²) in [6.45, 7) is 4.23. The third-order valence-corrected chi connectivity index (χ3v) is 3.60. The Labute approximate surface area is 110 Å². The van der Waals surface area contributed by atoms with Gasteiger partial charge in [-0.2, -0.15) is 0 Å². The van der Waals surface area contributed by atoms with Crippen LogP contribution in [0.3, 0.4) is 0 Å². The number of methoxy groups -OCH3 is 1. The van der Waals surface area contributed by atoms with Crippen molar-refractivity contribution in [2.45, 2.75) is 32.7 Å². The summed E-state index contributed by atoms with van der Waals surface area (Å²) in [5.74, 6) is 0.522. The van der Waals surface area contributed by atoms with Crippen LogP contribution in [-0.4, -0.2) is 7.11 Å². The average molecular weight is 304 g/mol. The Bertz CT molecular complexity index is 384. The topological polar surface area (TPSA) is 35.2 Å². The van der Waals surface area contributed by atoms with Gasteiger partial charge in [0.1, 0.15) is 11.6 Å². The van der Waals surface area contributed by atoms with Gasteiger partial charge in [-0.1, -0.05) is 20.3 Å². The molecular weight excluding hydrogens is 285 g/mol. The molecule has 2 unspecified atom stereocenters. The third-order valence-electron chi connectivity index (χ3n) is 2.99. The molecular formula is C13H19BrFNO. The molecule has 96 valence electrons. The second-order valence-electron chi connectivity index (χ2n) is 4.30. The summed E-state index contributed by atoms with van der Waals surface area (Å²) >= 11 is 3.18. The fraction of sp³-hybridized carbons (Fsp3) is 0.538. The van der Waals surface area contributed by atoms with E-state index in [4.69, 9.17) is 10.5 Å². The normalized spacial score (nSPS) is 14.5. The Kier molecular flexibility index (Phi) is 5.40. The summed E-state index contributed by atoms with van der Waals surface area (Å²) in [6.07, 6.45) is 2.12. The summed E-state index contributed by atoms with van der Waals surface area (Å²) in [7, 11) is 1.53. The largest absolute Gasteiger partial charge is 0.496 e. The van der Waals surface area contributed by atoms with Crippen LogP contribution in [0.25, 0.3) is 0 Å². The second-order valence-corrected chi connectivity index (χ2v) is 5.15. The molecule has 0 bridgehead atoms. The van der Waals surface area contributed by atoms with E-state index in [0.29, 0.717) is 16.1 Å². The van der Waals surface area contributed by atoms with Crippen molar-refractivity contribution in [3.63, 3.8) is 0 Å². The SMILES string of the molecule is CCCC(C)C(N)c1cc(Br)c(F)cc1OC. The monoisotopic (exact) mass is 303 g/mol. The number of nitrogens with two attached hydrogens (primary N) is 1. The molecule has 0 saturated heterocycles. The van der Waals surface area contributed by atoms with Gasteiger partial charge in [-0.05, 0) is 34.3 Å². The van der Waals surface area contributed by atoms with Crippen molar-refractivity contribution >= 4 is 15.9 Å². The van der Waals surface area contributed by atoms with Crippen LogP contribution in [0.15, 0.2) is 16.6 Å². The van der Waals surface area contributed by atoms with Crippen LogP contribution in [0.5, 0.6) is 5.75 Å². The predicted molar refractivity (Wildman–Crippen MR) is 71.7 cm³/mol. The summed E-state index contributed by atoms with van der Waals surface area (Å²) < 4.78 is 19.0. The van der Waals surface area contributed by atoms with Gasteiger partial charge in [-0.25, -0.2) is 4.39 Å². The molecule has 0 aliphatic rings. The molecule has 1 aromatic rings. The zero-order valence-corrected chi connectivity index (χ0v) is 12.1. The van der Waals surface area contributed by atoms with Gasteiger partial charge in [0.05, 0.1) is 11.6 Å². The summed E-state index contributed by atoms with van der Waals surface area (Å²) in [4.78, 5) is 0. The predicted octanol–water partition coefficient (Wildman–Crippen LogP) is 4.03. The first-order valence-corrected chi connectivity index (χ1v) is 6.59. The second kappa shape index (κ2) is 6.36. The fourth-order valence-electron chi connectivity index (χ4n) is 1.92. The van der Waals surface area contributed by atoms with Crippen molar-refractivity contribution in [3.8, 4) is 5.75 Å². The highest BCUT2D eigenvalue weighted by Gasteiger charge is 2.20. The molecule has 2 atom stereocenters. The lowest BCUT2D eigenvalue weighted by molar-refractivity contribution is 0.379. The smallest absolute Gasteiger partial charge is 0.141 e. The van der Waals surface area contributed by atoms with E-state index in [1.165, 1.54) is 13.2 Å². The van der Waals surface area contributed by atoms with Crippen LogP contribution in [0.1, 0.15) is 38.3 Å². The molecule has 1 rings (SSSR count). The molecule has 1 aromatic carbocycles. The van der Waals surface area contributed by atoms with Crippen molar-refractivity contribution in [2.24, 2.45) is 11.7 Å². The van der Waals surface area contributed by atoms with Crippen LogP contribution in [0.2, 0.25) is 0 Å². The molecule has 17 heavy (non-hydrogen) atoms. The lowest BCUT2D eigenvalue weighted by Gasteiger charge is -2.22. The fourth-order valence-corrected chi connectivity index (χ4v) is 2.28. The van der Waals surface area contributed by atoms with Crippen molar-refractivity contribution in [1.29, 1.82) is 0 Å². The molecule has 0 aromatic heterocycles. The van der Waals surface area contributed by atoms with Gasteiger partial charge in [0.2, 0.25) is 0 Å². The van der Waals surface area contributed by atoms with Gasteiger partial charge >= 0.3 is 0 Å². The number of hydrogen-bond acceptors (Lipinski definition) is 2. The first-order valence-electron chi connectivity index (χ1n) is 5.79. The maximum Gasteiger partial charge on any atom is 0.141 e. The molecule has 0 saturated carbocycles.